The number of rotatable bonds is 6. The Bertz CT molecular complexity index is 451. The maximum atomic E-state index is 2.37. The molecule has 2 heterocycles. The van der Waals surface area contributed by atoms with Crippen molar-refractivity contribution in [3.8, 4) is 10.4 Å². The first-order chi connectivity index (χ1) is 8.29. The van der Waals surface area contributed by atoms with Crippen molar-refractivity contribution in [1.29, 1.82) is 0 Å². The molecular formula is C15H20S2. The van der Waals surface area contributed by atoms with Crippen molar-refractivity contribution in [1.82, 2.24) is 0 Å². The highest BCUT2D eigenvalue weighted by Gasteiger charge is 2.04. The number of hydrogen-bond donors (Lipinski definition) is 0. The molecule has 2 rings (SSSR count). The molecule has 17 heavy (non-hydrogen) atoms. The van der Waals surface area contributed by atoms with Crippen LogP contribution in [0.4, 0.5) is 0 Å². The molecule has 2 aromatic heterocycles. The van der Waals surface area contributed by atoms with E-state index in [1.165, 1.54) is 53.0 Å². The quantitative estimate of drug-likeness (QED) is 0.569. The SMILES string of the molecule is CCCCCCc1csc(-c2csc(C)c2)c1. The summed E-state index contributed by atoms with van der Waals surface area (Å²) in [5, 5.41) is 4.59. The third kappa shape index (κ3) is 3.68. The Kier molecular flexibility index (Phi) is 4.81. The minimum atomic E-state index is 1.25. The topological polar surface area (TPSA) is 0 Å². The van der Waals surface area contributed by atoms with E-state index in [2.05, 4.69) is 36.7 Å². The van der Waals surface area contributed by atoms with Gasteiger partial charge >= 0.3 is 0 Å². The largest absolute Gasteiger partial charge is 0.149 e. The summed E-state index contributed by atoms with van der Waals surface area (Å²) >= 11 is 3.73. The molecule has 0 fully saturated rings. The predicted molar refractivity (Wildman–Crippen MR) is 80.2 cm³/mol. The summed E-state index contributed by atoms with van der Waals surface area (Å²) in [6, 6.07) is 4.66. The monoisotopic (exact) mass is 264 g/mol. The zero-order chi connectivity index (χ0) is 12.1. The van der Waals surface area contributed by atoms with Gasteiger partial charge in [-0.05, 0) is 48.2 Å². The molecule has 2 heteroatoms. The lowest BCUT2D eigenvalue weighted by molar-refractivity contribution is 0.667. The summed E-state index contributed by atoms with van der Waals surface area (Å²) in [5.74, 6) is 0. The lowest BCUT2D eigenvalue weighted by atomic mass is 10.1. The van der Waals surface area contributed by atoms with Crippen molar-refractivity contribution in [3.05, 3.63) is 33.3 Å². The Morgan fingerprint density at radius 1 is 1.00 bits per heavy atom. The van der Waals surface area contributed by atoms with Crippen LogP contribution in [-0.4, -0.2) is 0 Å². The summed E-state index contributed by atoms with van der Waals surface area (Å²) < 4.78 is 0. The van der Waals surface area contributed by atoms with E-state index >= 15 is 0 Å². The molecule has 0 aliphatic carbocycles. The van der Waals surface area contributed by atoms with E-state index in [1.54, 1.807) is 0 Å². The zero-order valence-corrected chi connectivity index (χ0v) is 12.3. The number of aryl methyl sites for hydroxylation is 2. The fraction of sp³-hybridized carbons (Fsp3) is 0.467. The molecule has 0 spiro atoms. The summed E-state index contributed by atoms with van der Waals surface area (Å²) in [5.41, 5.74) is 2.92. The van der Waals surface area contributed by atoms with Crippen molar-refractivity contribution < 1.29 is 0 Å². The molecule has 0 aliphatic heterocycles. The fourth-order valence-corrected chi connectivity index (χ4v) is 3.70. The van der Waals surface area contributed by atoms with Gasteiger partial charge in [-0.1, -0.05) is 26.2 Å². The van der Waals surface area contributed by atoms with Crippen LogP contribution in [-0.2, 0) is 6.42 Å². The average molecular weight is 264 g/mol. The molecule has 0 unspecified atom stereocenters. The lowest BCUT2D eigenvalue weighted by Gasteiger charge is -1.96. The molecular weight excluding hydrogens is 244 g/mol. The lowest BCUT2D eigenvalue weighted by Crippen LogP contribution is -1.82. The van der Waals surface area contributed by atoms with Gasteiger partial charge in [0.1, 0.15) is 0 Å². The first-order valence-corrected chi connectivity index (χ1v) is 8.18. The van der Waals surface area contributed by atoms with Crippen LogP contribution < -0.4 is 0 Å². The Balaban J connectivity index is 1.92. The van der Waals surface area contributed by atoms with E-state index in [0.717, 1.165) is 0 Å². The van der Waals surface area contributed by atoms with Gasteiger partial charge in [0.25, 0.3) is 0 Å². The first kappa shape index (κ1) is 12.8. The molecule has 0 atom stereocenters. The molecule has 0 aliphatic rings. The molecule has 0 aromatic carbocycles. The van der Waals surface area contributed by atoms with Crippen molar-refractivity contribution in [3.63, 3.8) is 0 Å². The van der Waals surface area contributed by atoms with Crippen LogP contribution in [0.5, 0.6) is 0 Å². The van der Waals surface area contributed by atoms with Crippen molar-refractivity contribution in [2.45, 2.75) is 46.0 Å². The minimum absolute atomic E-state index is 1.25. The number of thiophene rings is 2. The fourth-order valence-electron chi connectivity index (χ4n) is 1.99. The minimum Gasteiger partial charge on any atom is -0.149 e. The Morgan fingerprint density at radius 3 is 2.59 bits per heavy atom. The van der Waals surface area contributed by atoms with E-state index in [0.29, 0.717) is 0 Å². The second-order valence-corrected chi connectivity index (χ2v) is 6.60. The second kappa shape index (κ2) is 6.36. The molecule has 0 saturated heterocycles. The smallest absolute Gasteiger partial charge is 0.0353 e. The van der Waals surface area contributed by atoms with Gasteiger partial charge in [-0.25, -0.2) is 0 Å². The van der Waals surface area contributed by atoms with Crippen molar-refractivity contribution in [2.75, 3.05) is 0 Å². The van der Waals surface area contributed by atoms with Gasteiger partial charge in [0, 0.05) is 15.3 Å². The number of unbranched alkanes of at least 4 members (excludes halogenated alkanes) is 3. The molecule has 0 bridgehead atoms. The van der Waals surface area contributed by atoms with Crippen molar-refractivity contribution in [2.24, 2.45) is 0 Å². The predicted octanol–water partition coefficient (Wildman–Crippen LogP) is 5.91. The summed E-state index contributed by atoms with van der Waals surface area (Å²) in [6.07, 6.45) is 6.66. The third-order valence-electron chi connectivity index (χ3n) is 2.99. The molecule has 0 saturated carbocycles. The van der Waals surface area contributed by atoms with Gasteiger partial charge in [0.2, 0.25) is 0 Å². The van der Waals surface area contributed by atoms with Crippen LogP contribution in [0.2, 0.25) is 0 Å². The van der Waals surface area contributed by atoms with Gasteiger partial charge in [-0.15, -0.1) is 22.7 Å². The molecule has 0 radical (unpaired) electrons. The van der Waals surface area contributed by atoms with Crippen molar-refractivity contribution >= 4 is 22.7 Å². The molecule has 0 nitrogen and oxygen atoms in total. The van der Waals surface area contributed by atoms with E-state index in [1.807, 2.05) is 22.7 Å². The highest BCUT2D eigenvalue weighted by Crippen LogP contribution is 2.31. The van der Waals surface area contributed by atoms with Crippen LogP contribution >= 0.6 is 22.7 Å². The Morgan fingerprint density at radius 2 is 1.88 bits per heavy atom. The van der Waals surface area contributed by atoms with E-state index in [-0.39, 0.29) is 0 Å². The van der Waals surface area contributed by atoms with E-state index < -0.39 is 0 Å². The van der Waals surface area contributed by atoms with Gasteiger partial charge in [0.15, 0.2) is 0 Å². The highest BCUT2D eigenvalue weighted by molar-refractivity contribution is 7.14. The standard InChI is InChI=1S/C15H20S2/c1-3-4-5-6-7-13-9-15(17-10-13)14-8-12(2)16-11-14/h8-11H,3-7H2,1-2H3. The van der Waals surface area contributed by atoms with Gasteiger partial charge in [-0.3, -0.25) is 0 Å². The van der Waals surface area contributed by atoms with Crippen LogP contribution in [0.3, 0.4) is 0 Å². The second-order valence-electron chi connectivity index (χ2n) is 4.58. The Labute approximate surface area is 112 Å². The molecule has 0 amide bonds. The molecule has 92 valence electrons. The maximum Gasteiger partial charge on any atom is 0.0353 e. The van der Waals surface area contributed by atoms with Gasteiger partial charge in [-0.2, -0.15) is 0 Å². The number of hydrogen-bond acceptors (Lipinski definition) is 2. The normalized spacial score (nSPS) is 10.9. The zero-order valence-electron chi connectivity index (χ0n) is 10.7. The van der Waals surface area contributed by atoms with Crippen LogP contribution in [0.25, 0.3) is 10.4 Å². The highest BCUT2D eigenvalue weighted by atomic mass is 32.1. The average Bonchev–Trinajstić information content (AvgIpc) is 2.93. The first-order valence-electron chi connectivity index (χ1n) is 6.42. The summed E-state index contributed by atoms with van der Waals surface area (Å²) in [4.78, 5) is 2.83. The van der Waals surface area contributed by atoms with Gasteiger partial charge in [0.05, 0.1) is 0 Å². The van der Waals surface area contributed by atoms with Gasteiger partial charge < -0.3 is 0 Å². The maximum absolute atomic E-state index is 2.37. The summed E-state index contributed by atoms with van der Waals surface area (Å²) in [6.45, 7) is 4.44. The third-order valence-corrected chi connectivity index (χ3v) is 4.88. The van der Waals surface area contributed by atoms with Crippen LogP contribution in [0, 0.1) is 6.92 Å². The van der Waals surface area contributed by atoms with E-state index in [9.17, 15) is 0 Å². The summed E-state index contributed by atoms with van der Waals surface area (Å²) in [7, 11) is 0. The van der Waals surface area contributed by atoms with Crippen LogP contribution in [0.1, 0.15) is 43.0 Å². The van der Waals surface area contributed by atoms with Crippen LogP contribution in [0.15, 0.2) is 22.9 Å². The molecule has 2 aromatic rings. The van der Waals surface area contributed by atoms with E-state index in [4.69, 9.17) is 0 Å². The molecule has 0 N–H and O–H groups in total. The Hall–Kier alpha value is -0.600.